The monoisotopic (exact) mass is 240 g/mol. The van der Waals surface area contributed by atoms with Gasteiger partial charge in [0.15, 0.2) is 0 Å². The zero-order valence-electron chi connectivity index (χ0n) is 11.6. The number of nitrogens with two attached hydrogens (primary N) is 1. The Morgan fingerprint density at radius 3 is 2.59 bits per heavy atom. The summed E-state index contributed by atoms with van der Waals surface area (Å²) in [6.45, 7) is 5.93. The van der Waals surface area contributed by atoms with Gasteiger partial charge in [-0.25, -0.2) is 0 Å². The molecular weight excluding hydrogens is 212 g/mol. The number of carbonyl (C=O) groups is 1. The van der Waals surface area contributed by atoms with E-state index in [2.05, 4.69) is 13.8 Å². The molecular formula is C14H28N2O. The first kappa shape index (κ1) is 14.5. The summed E-state index contributed by atoms with van der Waals surface area (Å²) in [5.74, 6) is 1.58. The smallest absolute Gasteiger partial charge is 0.225 e. The molecule has 3 nitrogen and oxygen atoms in total. The quantitative estimate of drug-likeness (QED) is 0.801. The van der Waals surface area contributed by atoms with Crippen LogP contribution in [0.15, 0.2) is 0 Å². The summed E-state index contributed by atoms with van der Waals surface area (Å²) in [7, 11) is 1.94. The van der Waals surface area contributed by atoms with Crippen LogP contribution in [0.2, 0.25) is 0 Å². The summed E-state index contributed by atoms with van der Waals surface area (Å²) in [4.78, 5) is 14.3. The fourth-order valence-corrected chi connectivity index (χ4v) is 2.66. The van der Waals surface area contributed by atoms with Crippen LogP contribution in [0.4, 0.5) is 0 Å². The van der Waals surface area contributed by atoms with Crippen LogP contribution in [0.25, 0.3) is 0 Å². The first-order valence-corrected chi connectivity index (χ1v) is 7.01. The van der Waals surface area contributed by atoms with E-state index in [1.54, 1.807) is 0 Å². The van der Waals surface area contributed by atoms with E-state index in [1.165, 1.54) is 12.8 Å². The second kappa shape index (κ2) is 7.00. The summed E-state index contributed by atoms with van der Waals surface area (Å²) in [5.41, 5.74) is 5.78. The van der Waals surface area contributed by atoms with Crippen molar-refractivity contribution in [1.82, 2.24) is 4.90 Å². The zero-order valence-corrected chi connectivity index (χ0v) is 11.6. The Morgan fingerprint density at radius 1 is 1.35 bits per heavy atom. The van der Waals surface area contributed by atoms with E-state index in [0.29, 0.717) is 24.3 Å². The standard InChI is InChI=1S/C14H28N2O/c1-11(2)8-9-16(3)14(17)13-7-5-4-6-12(13)10-15/h11-13H,4-10,15H2,1-3H3. The number of hydrogen-bond donors (Lipinski definition) is 1. The molecule has 0 aromatic heterocycles. The summed E-state index contributed by atoms with van der Waals surface area (Å²) in [5, 5.41) is 0. The largest absolute Gasteiger partial charge is 0.346 e. The summed E-state index contributed by atoms with van der Waals surface area (Å²) >= 11 is 0. The van der Waals surface area contributed by atoms with Crippen LogP contribution >= 0.6 is 0 Å². The van der Waals surface area contributed by atoms with Gasteiger partial charge >= 0.3 is 0 Å². The number of nitrogens with zero attached hydrogens (tertiary/aromatic N) is 1. The normalized spacial score (nSPS) is 25.0. The second-order valence-electron chi connectivity index (χ2n) is 5.83. The molecule has 2 N–H and O–H groups in total. The molecule has 100 valence electrons. The molecule has 1 saturated carbocycles. The molecule has 0 aromatic rings. The van der Waals surface area contributed by atoms with Crippen LogP contribution < -0.4 is 5.73 Å². The van der Waals surface area contributed by atoms with Crippen LogP contribution in [-0.4, -0.2) is 30.9 Å². The van der Waals surface area contributed by atoms with Crippen molar-refractivity contribution in [3.63, 3.8) is 0 Å². The first-order chi connectivity index (χ1) is 8.06. The maximum atomic E-state index is 12.4. The topological polar surface area (TPSA) is 46.3 Å². The van der Waals surface area contributed by atoms with Gasteiger partial charge in [-0.1, -0.05) is 26.7 Å². The van der Waals surface area contributed by atoms with E-state index in [-0.39, 0.29) is 5.92 Å². The van der Waals surface area contributed by atoms with Gasteiger partial charge in [0.25, 0.3) is 0 Å². The Morgan fingerprint density at radius 2 is 2.00 bits per heavy atom. The lowest BCUT2D eigenvalue weighted by atomic mass is 9.78. The number of carbonyl (C=O) groups excluding carboxylic acids is 1. The number of amides is 1. The third kappa shape index (κ3) is 4.30. The molecule has 17 heavy (non-hydrogen) atoms. The van der Waals surface area contributed by atoms with Gasteiger partial charge in [-0.2, -0.15) is 0 Å². The molecule has 3 heteroatoms. The van der Waals surface area contributed by atoms with E-state index in [1.807, 2.05) is 11.9 Å². The van der Waals surface area contributed by atoms with Crippen LogP contribution in [0.5, 0.6) is 0 Å². The minimum Gasteiger partial charge on any atom is -0.346 e. The van der Waals surface area contributed by atoms with Gasteiger partial charge < -0.3 is 10.6 Å². The Labute approximate surface area is 106 Å². The molecule has 0 heterocycles. The minimum absolute atomic E-state index is 0.186. The highest BCUT2D eigenvalue weighted by molar-refractivity contribution is 5.79. The molecule has 1 amide bonds. The van der Waals surface area contributed by atoms with Crippen molar-refractivity contribution in [2.75, 3.05) is 20.1 Å². The van der Waals surface area contributed by atoms with Gasteiger partial charge in [0.05, 0.1) is 0 Å². The second-order valence-corrected chi connectivity index (χ2v) is 5.83. The van der Waals surface area contributed by atoms with Crippen LogP contribution in [0, 0.1) is 17.8 Å². The molecule has 2 unspecified atom stereocenters. The minimum atomic E-state index is 0.186. The van der Waals surface area contributed by atoms with Crippen LogP contribution in [0.1, 0.15) is 46.0 Å². The Bertz CT molecular complexity index is 240. The lowest BCUT2D eigenvalue weighted by molar-refractivity contribution is -0.137. The Kier molecular flexibility index (Phi) is 5.96. The maximum Gasteiger partial charge on any atom is 0.225 e. The molecule has 0 saturated heterocycles. The van der Waals surface area contributed by atoms with Crippen molar-refractivity contribution in [3.05, 3.63) is 0 Å². The van der Waals surface area contributed by atoms with Crippen LogP contribution in [-0.2, 0) is 4.79 Å². The lowest BCUT2D eigenvalue weighted by Crippen LogP contribution is -2.41. The highest BCUT2D eigenvalue weighted by atomic mass is 16.2. The van der Waals surface area contributed by atoms with E-state index < -0.39 is 0 Å². The first-order valence-electron chi connectivity index (χ1n) is 7.01. The predicted molar refractivity (Wildman–Crippen MR) is 71.6 cm³/mol. The zero-order chi connectivity index (χ0) is 12.8. The molecule has 0 spiro atoms. The van der Waals surface area contributed by atoms with Crippen molar-refractivity contribution < 1.29 is 4.79 Å². The molecule has 0 aliphatic heterocycles. The van der Waals surface area contributed by atoms with Crippen LogP contribution in [0.3, 0.4) is 0 Å². The molecule has 1 rings (SSSR count). The molecule has 1 fully saturated rings. The average Bonchev–Trinajstić information content (AvgIpc) is 2.34. The molecule has 0 aromatic carbocycles. The van der Waals surface area contributed by atoms with E-state index >= 15 is 0 Å². The molecule has 0 bridgehead atoms. The van der Waals surface area contributed by atoms with Gasteiger partial charge in [0, 0.05) is 19.5 Å². The van der Waals surface area contributed by atoms with E-state index in [4.69, 9.17) is 5.73 Å². The number of rotatable bonds is 5. The molecule has 1 aliphatic carbocycles. The SMILES string of the molecule is CC(C)CCN(C)C(=O)C1CCCCC1CN. The van der Waals surface area contributed by atoms with Crippen molar-refractivity contribution in [1.29, 1.82) is 0 Å². The van der Waals surface area contributed by atoms with Crippen molar-refractivity contribution in [3.8, 4) is 0 Å². The average molecular weight is 240 g/mol. The predicted octanol–water partition coefficient (Wildman–Crippen LogP) is 2.26. The molecule has 1 aliphatic rings. The van der Waals surface area contributed by atoms with Gasteiger partial charge in [-0.05, 0) is 37.6 Å². The lowest BCUT2D eigenvalue weighted by Gasteiger charge is -2.32. The Balaban J connectivity index is 2.48. The van der Waals surface area contributed by atoms with Gasteiger partial charge in [0.2, 0.25) is 5.91 Å². The molecule has 2 atom stereocenters. The summed E-state index contributed by atoms with van der Waals surface area (Å²) in [6.07, 6.45) is 5.67. The fraction of sp³-hybridized carbons (Fsp3) is 0.929. The fourth-order valence-electron chi connectivity index (χ4n) is 2.66. The van der Waals surface area contributed by atoms with Gasteiger partial charge in [-0.15, -0.1) is 0 Å². The summed E-state index contributed by atoms with van der Waals surface area (Å²) in [6, 6.07) is 0. The highest BCUT2D eigenvalue weighted by Crippen LogP contribution is 2.30. The van der Waals surface area contributed by atoms with E-state index in [9.17, 15) is 4.79 Å². The van der Waals surface area contributed by atoms with Crippen molar-refractivity contribution in [2.24, 2.45) is 23.5 Å². The van der Waals surface area contributed by atoms with Crippen molar-refractivity contribution in [2.45, 2.75) is 46.0 Å². The van der Waals surface area contributed by atoms with Crippen molar-refractivity contribution >= 4 is 5.91 Å². The highest BCUT2D eigenvalue weighted by Gasteiger charge is 2.31. The third-order valence-corrected chi connectivity index (χ3v) is 3.95. The third-order valence-electron chi connectivity index (χ3n) is 3.95. The molecule has 0 radical (unpaired) electrons. The van der Waals surface area contributed by atoms with E-state index in [0.717, 1.165) is 25.8 Å². The maximum absolute atomic E-state index is 12.4. The van der Waals surface area contributed by atoms with Gasteiger partial charge in [-0.3, -0.25) is 4.79 Å². The van der Waals surface area contributed by atoms with Gasteiger partial charge in [0.1, 0.15) is 0 Å². The summed E-state index contributed by atoms with van der Waals surface area (Å²) < 4.78 is 0. The number of hydrogen-bond acceptors (Lipinski definition) is 2. The Hall–Kier alpha value is -0.570.